The van der Waals surface area contributed by atoms with Gasteiger partial charge in [-0.3, -0.25) is 4.90 Å². The van der Waals surface area contributed by atoms with Crippen LogP contribution in [-0.4, -0.2) is 29.8 Å². The van der Waals surface area contributed by atoms with E-state index in [1.807, 2.05) is 6.07 Å². The molecule has 1 atom stereocenters. The van der Waals surface area contributed by atoms with Crippen LogP contribution in [0, 0.1) is 2.88 Å². The predicted octanol–water partition coefficient (Wildman–Crippen LogP) is 2.53. The number of carboxylic acid groups (broad SMARTS) is 1. The molecule has 15 heavy (non-hydrogen) atoms. The van der Waals surface area contributed by atoms with Crippen molar-refractivity contribution in [1.29, 1.82) is 0 Å². The van der Waals surface area contributed by atoms with Gasteiger partial charge in [0.1, 0.15) is 0 Å². The lowest BCUT2D eigenvalue weighted by molar-refractivity contribution is -0.0465. The van der Waals surface area contributed by atoms with Crippen LogP contribution in [0.4, 0.5) is 4.79 Å². The standard InChI is InChI=1S/C9H10INO3S/c1-11(9(12)13)8-5-4-7(10)15-6(5)2-3-14-8/h4,8H,2-3H2,1H3,(H,12,13). The lowest BCUT2D eigenvalue weighted by atomic mass is 10.1. The number of hydrogen-bond donors (Lipinski definition) is 1. The molecule has 0 saturated heterocycles. The number of carbonyl (C=O) groups is 1. The zero-order valence-corrected chi connectivity index (χ0v) is 11.0. The predicted molar refractivity (Wildman–Crippen MR) is 65.2 cm³/mol. The summed E-state index contributed by atoms with van der Waals surface area (Å²) in [6.07, 6.45) is -0.521. The van der Waals surface area contributed by atoms with Crippen molar-refractivity contribution in [3.05, 3.63) is 19.4 Å². The van der Waals surface area contributed by atoms with E-state index in [0.29, 0.717) is 6.61 Å². The summed E-state index contributed by atoms with van der Waals surface area (Å²) in [5.41, 5.74) is 1.00. The number of nitrogens with zero attached hydrogens (tertiary/aromatic N) is 1. The van der Waals surface area contributed by atoms with Crippen molar-refractivity contribution in [1.82, 2.24) is 4.90 Å². The van der Waals surface area contributed by atoms with E-state index in [1.54, 1.807) is 11.3 Å². The zero-order valence-electron chi connectivity index (χ0n) is 8.07. The van der Waals surface area contributed by atoms with E-state index in [2.05, 4.69) is 22.6 Å². The zero-order chi connectivity index (χ0) is 11.0. The molecule has 0 radical (unpaired) electrons. The van der Waals surface area contributed by atoms with Crippen LogP contribution in [0.3, 0.4) is 0 Å². The van der Waals surface area contributed by atoms with Gasteiger partial charge in [0.15, 0.2) is 6.23 Å². The number of halogens is 1. The van der Waals surface area contributed by atoms with Gasteiger partial charge in [0.05, 0.1) is 9.49 Å². The molecule has 82 valence electrons. The van der Waals surface area contributed by atoms with Gasteiger partial charge in [-0.1, -0.05) is 0 Å². The van der Waals surface area contributed by atoms with Crippen molar-refractivity contribution in [2.24, 2.45) is 0 Å². The first kappa shape index (κ1) is 11.2. The number of amides is 1. The summed E-state index contributed by atoms with van der Waals surface area (Å²) >= 11 is 3.96. The van der Waals surface area contributed by atoms with Gasteiger partial charge in [-0.2, -0.15) is 0 Å². The molecule has 0 bridgehead atoms. The maximum Gasteiger partial charge on any atom is 0.409 e. The van der Waals surface area contributed by atoms with Crippen molar-refractivity contribution < 1.29 is 14.6 Å². The quantitative estimate of drug-likeness (QED) is 0.800. The van der Waals surface area contributed by atoms with Crippen molar-refractivity contribution in [2.75, 3.05) is 13.7 Å². The molecule has 4 nitrogen and oxygen atoms in total. The Hall–Kier alpha value is -0.340. The van der Waals surface area contributed by atoms with Crippen LogP contribution in [0.5, 0.6) is 0 Å². The Balaban J connectivity index is 2.33. The third-order valence-electron chi connectivity index (χ3n) is 2.34. The molecule has 1 amide bonds. The largest absolute Gasteiger partial charge is 0.465 e. The van der Waals surface area contributed by atoms with Gasteiger partial charge in [0, 0.05) is 23.9 Å². The van der Waals surface area contributed by atoms with E-state index >= 15 is 0 Å². The second kappa shape index (κ2) is 4.26. The van der Waals surface area contributed by atoms with Crippen molar-refractivity contribution in [3.8, 4) is 0 Å². The smallest absolute Gasteiger partial charge is 0.409 e. The monoisotopic (exact) mass is 339 g/mol. The van der Waals surface area contributed by atoms with Crippen molar-refractivity contribution >= 4 is 40.0 Å². The van der Waals surface area contributed by atoms with Crippen LogP contribution in [0.2, 0.25) is 0 Å². The summed E-state index contributed by atoms with van der Waals surface area (Å²) in [5, 5.41) is 8.91. The van der Waals surface area contributed by atoms with Gasteiger partial charge in [-0.15, -0.1) is 11.3 Å². The Morgan fingerprint density at radius 3 is 3.20 bits per heavy atom. The fraction of sp³-hybridized carbons (Fsp3) is 0.444. The Kier molecular flexibility index (Phi) is 3.17. The molecule has 0 saturated carbocycles. The van der Waals surface area contributed by atoms with Crippen LogP contribution in [0.1, 0.15) is 16.7 Å². The third-order valence-corrected chi connectivity index (χ3v) is 4.31. The van der Waals surface area contributed by atoms with Gasteiger partial charge < -0.3 is 9.84 Å². The molecule has 1 aliphatic heterocycles. The molecule has 1 N–H and O–H groups in total. The molecule has 0 spiro atoms. The molecule has 1 aromatic rings. The average molecular weight is 339 g/mol. The van der Waals surface area contributed by atoms with E-state index < -0.39 is 12.3 Å². The Morgan fingerprint density at radius 1 is 1.80 bits per heavy atom. The molecule has 2 rings (SSSR count). The highest BCUT2D eigenvalue weighted by Crippen LogP contribution is 2.35. The van der Waals surface area contributed by atoms with Crippen LogP contribution in [0.15, 0.2) is 6.07 Å². The minimum Gasteiger partial charge on any atom is -0.465 e. The van der Waals surface area contributed by atoms with Crippen LogP contribution in [0.25, 0.3) is 0 Å². The first-order valence-corrected chi connectivity index (χ1v) is 6.34. The number of ether oxygens (including phenoxy) is 1. The minimum atomic E-state index is -0.964. The number of thiophene rings is 1. The second-order valence-corrected chi connectivity index (χ2v) is 6.33. The van der Waals surface area contributed by atoms with E-state index in [-0.39, 0.29) is 0 Å². The summed E-state index contributed by atoms with van der Waals surface area (Å²) in [6.45, 7) is 0.589. The summed E-state index contributed by atoms with van der Waals surface area (Å²) in [4.78, 5) is 13.3. The molecule has 0 aliphatic carbocycles. The molecule has 6 heteroatoms. The lowest BCUT2D eigenvalue weighted by Crippen LogP contribution is -2.34. The van der Waals surface area contributed by atoms with Gasteiger partial charge in [-0.05, 0) is 28.7 Å². The minimum absolute atomic E-state index is 0.439. The number of fused-ring (bicyclic) bond motifs is 1. The Labute approximate surface area is 105 Å². The summed E-state index contributed by atoms with van der Waals surface area (Å²) in [5.74, 6) is 0. The van der Waals surface area contributed by atoms with Crippen molar-refractivity contribution in [2.45, 2.75) is 12.6 Å². The van der Waals surface area contributed by atoms with Gasteiger partial charge in [0.2, 0.25) is 0 Å². The molecule has 1 aliphatic rings. The van der Waals surface area contributed by atoms with Crippen LogP contribution >= 0.6 is 33.9 Å². The molecule has 1 unspecified atom stereocenters. The molecular weight excluding hydrogens is 329 g/mol. The SMILES string of the molecule is CN(C(=O)O)C1OCCc2sc(I)cc21. The second-order valence-electron chi connectivity index (χ2n) is 3.30. The normalized spacial score (nSPS) is 19.7. The van der Waals surface area contributed by atoms with Gasteiger partial charge >= 0.3 is 6.09 Å². The lowest BCUT2D eigenvalue weighted by Gasteiger charge is -2.29. The van der Waals surface area contributed by atoms with Crippen LogP contribution < -0.4 is 0 Å². The Bertz CT molecular complexity index is 393. The molecular formula is C9H10INO3S. The van der Waals surface area contributed by atoms with Crippen molar-refractivity contribution in [3.63, 3.8) is 0 Å². The maximum atomic E-state index is 10.9. The van der Waals surface area contributed by atoms with Gasteiger partial charge in [0.25, 0.3) is 0 Å². The highest BCUT2D eigenvalue weighted by Gasteiger charge is 2.29. The first-order valence-electron chi connectivity index (χ1n) is 4.45. The number of hydrogen-bond acceptors (Lipinski definition) is 3. The topological polar surface area (TPSA) is 49.8 Å². The summed E-state index contributed by atoms with van der Waals surface area (Å²) < 4.78 is 6.66. The van der Waals surface area contributed by atoms with E-state index in [0.717, 1.165) is 12.0 Å². The van der Waals surface area contributed by atoms with Crippen LogP contribution in [-0.2, 0) is 11.2 Å². The molecule has 2 heterocycles. The molecule has 1 aromatic heterocycles. The number of rotatable bonds is 1. The Morgan fingerprint density at radius 2 is 2.53 bits per heavy atom. The van der Waals surface area contributed by atoms with E-state index in [4.69, 9.17) is 9.84 Å². The first-order chi connectivity index (χ1) is 7.09. The molecule has 0 fully saturated rings. The average Bonchev–Trinajstić information content (AvgIpc) is 2.56. The van der Waals surface area contributed by atoms with Gasteiger partial charge in [-0.25, -0.2) is 4.79 Å². The highest BCUT2D eigenvalue weighted by atomic mass is 127. The fourth-order valence-corrected chi connectivity index (χ4v) is 3.60. The third kappa shape index (κ3) is 2.11. The highest BCUT2D eigenvalue weighted by molar-refractivity contribution is 14.1. The maximum absolute atomic E-state index is 10.9. The van der Waals surface area contributed by atoms with E-state index in [9.17, 15) is 4.79 Å². The summed E-state index contributed by atoms with van der Waals surface area (Å²) in [7, 11) is 1.53. The van der Waals surface area contributed by atoms with E-state index in [1.165, 1.54) is 19.7 Å². The summed E-state index contributed by atoms with van der Waals surface area (Å²) in [6, 6.07) is 2.00. The fourth-order valence-electron chi connectivity index (χ4n) is 1.59. The molecule has 0 aromatic carbocycles.